The highest BCUT2D eigenvalue weighted by molar-refractivity contribution is 5.62. The molecule has 2 aromatic rings. The van der Waals surface area contributed by atoms with E-state index >= 15 is 0 Å². The number of likely N-dealkylation sites (N-methyl/N-ethyl adjacent to an activating group) is 1. The molecule has 1 unspecified atom stereocenters. The van der Waals surface area contributed by atoms with Crippen LogP contribution in [0.4, 0.5) is 0 Å². The Morgan fingerprint density at radius 2 is 2.05 bits per heavy atom. The Morgan fingerprint density at radius 1 is 1.33 bits per heavy atom. The van der Waals surface area contributed by atoms with Crippen molar-refractivity contribution in [3.8, 4) is 11.3 Å². The number of benzene rings is 1. The highest BCUT2D eigenvalue weighted by Crippen LogP contribution is 2.22. The third-order valence-corrected chi connectivity index (χ3v) is 3.38. The summed E-state index contributed by atoms with van der Waals surface area (Å²) in [5, 5.41) is 17.0. The third-order valence-electron chi connectivity index (χ3n) is 3.38. The second-order valence-electron chi connectivity index (χ2n) is 5.44. The maximum atomic E-state index is 9.77. The molecular formula is C16H23N3O2. The highest BCUT2D eigenvalue weighted by Gasteiger charge is 2.12. The summed E-state index contributed by atoms with van der Waals surface area (Å²) in [5.74, 6) is 0. The number of aromatic nitrogens is 2. The van der Waals surface area contributed by atoms with Crippen molar-refractivity contribution in [2.45, 2.75) is 19.6 Å². The van der Waals surface area contributed by atoms with Crippen LogP contribution in [0.25, 0.3) is 11.3 Å². The SMILES string of the molecule is COCC(O)CN(C)Cc1cn[nH]c1-c1ccc(C)cc1. The monoisotopic (exact) mass is 289 g/mol. The van der Waals surface area contributed by atoms with Crippen molar-refractivity contribution in [3.63, 3.8) is 0 Å². The summed E-state index contributed by atoms with van der Waals surface area (Å²) >= 11 is 0. The molecule has 0 fully saturated rings. The van der Waals surface area contributed by atoms with Gasteiger partial charge in [-0.3, -0.25) is 10.00 Å². The molecule has 0 saturated heterocycles. The Morgan fingerprint density at radius 3 is 2.71 bits per heavy atom. The first-order chi connectivity index (χ1) is 10.1. The topological polar surface area (TPSA) is 61.4 Å². The molecule has 1 heterocycles. The summed E-state index contributed by atoms with van der Waals surface area (Å²) in [6.07, 6.45) is 1.36. The van der Waals surface area contributed by atoms with Crippen LogP contribution in [0.3, 0.4) is 0 Å². The van der Waals surface area contributed by atoms with E-state index in [1.54, 1.807) is 7.11 Å². The van der Waals surface area contributed by atoms with Crippen LogP contribution in [0.2, 0.25) is 0 Å². The van der Waals surface area contributed by atoms with E-state index < -0.39 is 6.10 Å². The zero-order valence-electron chi connectivity index (χ0n) is 12.8. The lowest BCUT2D eigenvalue weighted by molar-refractivity contribution is 0.0419. The minimum absolute atomic E-state index is 0.348. The van der Waals surface area contributed by atoms with Crippen LogP contribution < -0.4 is 0 Å². The number of aliphatic hydroxyl groups excluding tert-OH is 1. The summed E-state index contributed by atoms with van der Waals surface area (Å²) in [5.41, 5.74) is 4.51. The van der Waals surface area contributed by atoms with Gasteiger partial charge in [-0.15, -0.1) is 0 Å². The van der Waals surface area contributed by atoms with Gasteiger partial charge in [-0.2, -0.15) is 5.10 Å². The van der Waals surface area contributed by atoms with Gasteiger partial charge < -0.3 is 9.84 Å². The van der Waals surface area contributed by atoms with Crippen molar-refractivity contribution in [1.29, 1.82) is 0 Å². The van der Waals surface area contributed by atoms with E-state index in [1.165, 1.54) is 5.56 Å². The van der Waals surface area contributed by atoms with Gasteiger partial charge >= 0.3 is 0 Å². The summed E-state index contributed by atoms with van der Waals surface area (Å²) < 4.78 is 4.95. The number of hydrogen-bond acceptors (Lipinski definition) is 4. The lowest BCUT2D eigenvalue weighted by atomic mass is 10.1. The quantitative estimate of drug-likeness (QED) is 0.816. The molecule has 1 aromatic carbocycles. The van der Waals surface area contributed by atoms with Gasteiger partial charge in [-0.05, 0) is 19.5 Å². The van der Waals surface area contributed by atoms with E-state index in [-0.39, 0.29) is 0 Å². The Balaban J connectivity index is 2.05. The van der Waals surface area contributed by atoms with Crippen LogP contribution in [0, 0.1) is 6.92 Å². The number of ether oxygens (including phenoxy) is 1. The average Bonchev–Trinajstić information content (AvgIpc) is 2.87. The van der Waals surface area contributed by atoms with Crippen LogP contribution in [0.15, 0.2) is 30.5 Å². The fourth-order valence-electron chi connectivity index (χ4n) is 2.36. The first kappa shape index (κ1) is 15.7. The Bertz CT molecular complexity index is 551. The molecule has 2 N–H and O–H groups in total. The number of H-pyrrole nitrogens is 1. The number of aliphatic hydroxyl groups is 1. The Kier molecular flexibility index (Phi) is 5.50. The average molecular weight is 289 g/mol. The normalized spacial score (nSPS) is 12.8. The van der Waals surface area contributed by atoms with Crippen LogP contribution in [-0.4, -0.2) is 53.6 Å². The molecule has 5 heteroatoms. The summed E-state index contributed by atoms with van der Waals surface area (Å²) in [6.45, 7) is 3.70. The van der Waals surface area contributed by atoms with E-state index in [9.17, 15) is 5.11 Å². The standard InChI is InChI=1S/C16H23N3O2/c1-12-4-6-13(7-5-12)16-14(8-17-18-16)9-19(2)10-15(20)11-21-3/h4-8,15,20H,9-11H2,1-3H3,(H,17,18). The lowest BCUT2D eigenvalue weighted by Crippen LogP contribution is -2.31. The molecule has 1 aromatic heterocycles. The number of rotatable bonds is 7. The number of hydrogen-bond donors (Lipinski definition) is 2. The van der Waals surface area contributed by atoms with Crippen LogP contribution in [0.1, 0.15) is 11.1 Å². The molecule has 0 aliphatic heterocycles. The molecule has 2 rings (SSSR count). The van der Waals surface area contributed by atoms with Gasteiger partial charge in [0.1, 0.15) is 0 Å². The predicted molar refractivity (Wildman–Crippen MR) is 83.0 cm³/mol. The van der Waals surface area contributed by atoms with E-state index in [0.29, 0.717) is 13.2 Å². The molecule has 21 heavy (non-hydrogen) atoms. The van der Waals surface area contributed by atoms with E-state index in [2.05, 4.69) is 46.3 Å². The fourth-order valence-corrected chi connectivity index (χ4v) is 2.36. The third kappa shape index (κ3) is 4.39. The van der Waals surface area contributed by atoms with Crippen molar-refractivity contribution in [3.05, 3.63) is 41.6 Å². The highest BCUT2D eigenvalue weighted by atomic mass is 16.5. The first-order valence-electron chi connectivity index (χ1n) is 7.05. The fraction of sp³-hybridized carbons (Fsp3) is 0.438. The Hall–Kier alpha value is -1.69. The maximum Gasteiger partial charge on any atom is 0.0900 e. The van der Waals surface area contributed by atoms with Gasteiger partial charge in [0.05, 0.1) is 24.6 Å². The second kappa shape index (κ2) is 7.36. The summed E-state index contributed by atoms with van der Waals surface area (Å²) in [4.78, 5) is 2.06. The van der Waals surface area contributed by atoms with Crippen molar-refractivity contribution < 1.29 is 9.84 Å². The predicted octanol–water partition coefficient (Wildman–Crippen LogP) is 1.82. The van der Waals surface area contributed by atoms with Crippen LogP contribution in [0.5, 0.6) is 0 Å². The number of aromatic amines is 1. The largest absolute Gasteiger partial charge is 0.389 e. The maximum absolute atomic E-state index is 9.77. The van der Waals surface area contributed by atoms with Gasteiger partial charge in [-0.1, -0.05) is 29.8 Å². The molecule has 0 aliphatic carbocycles. The number of nitrogens with zero attached hydrogens (tertiary/aromatic N) is 2. The molecule has 1 atom stereocenters. The number of methoxy groups -OCH3 is 1. The van der Waals surface area contributed by atoms with E-state index in [1.807, 2.05) is 13.2 Å². The zero-order chi connectivity index (χ0) is 15.2. The molecule has 0 saturated carbocycles. The van der Waals surface area contributed by atoms with Crippen LogP contribution in [-0.2, 0) is 11.3 Å². The molecule has 5 nitrogen and oxygen atoms in total. The zero-order valence-corrected chi connectivity index (χ0v) is 12.8. The van der Waals surface area contributed by atoms with Crippen molar-refractivity contribution in [2.24, 2.45) is 0 Å². The molecule has 0 bridgehead atoms. The molecular weight excluding hydrogens is 266 g/mol. The van der Waals surface area contributed by atoms with Gasteiger partial charge in [0.15, 0.2) is 0 Å². The van der Waals surface area contributed by atoms with Gasteiger partial charge in [0, 0.05) is 25.8 Å². The molecule has 0 aliphatic rings. The smallest absolute Gasteiger partial charge is 0.0900 e. The van der Waals surface area contributed by atoms with E-state index in [4.69, 9.17) is 4.74 Å². The number of aryl methyl sites for hydroxylation is 1. The van der Waals surface area contributed by atoms with Crippen molar-refractivity contribution in [1.82, 2.24) is 15.1 Å². The van der Waals surface area contributed by atoms with Gasteiger partial charge in [-0.25, -0.2) is 0 Å². The molecule has 114 valence electrons. The Labute approximate surface area is 125 Å². The summed E-state index contributed by atoms with van der Waals surface area (Å²) in [7, 11) is 3.57. The minimum atomic E-state index is -0.477. The van der Waals surface area contributed by atoms with Crippen molar-refractivity contribution >= 4 is 0 Å². The van der Waals surface area contributed by atoms with Gasteiger partial charge in [0.25, 0.3) is 0 Å². The van der Waals surface area contributed by atoms with Crippen molar-refractivity contribution in [2.75, 3.05) is 27.3 Å². The lowest BCUT2D eigenvalue weighted by Gasteiger charge is -2.20. The van der Waals surface area contributed by atoms with E-state index in [0.717, 1.165) is 23.4 Å². The number of nitrogens with one attached hydrogen (secondary N) is 1. The van der Waals surface area contributed by atoms with Crippen LogP contribution >= 0.6 is 0 Å². The van der Waals surface area contributed by atoms with Gasteiger partial charge in [0.2, 0.25) is 0 Å². The molecule has 0 amide bonds. The first-order valence-corrected chi connectivity index (χ1v) is 7.05. The minimum Gasteiger partial charge on any atom is -0.389 e. The summed E-state index contributed by atoms with van der Waals surface area (Å²) in [6, 6.07) is 8.36. The second-order valence-corrected chi connectivity index (χ2v) is 5.44. The molecule has 0 radical (unpaired) electrons. The molecule has 0 spiro atoms.